The maximum atomic E-state index is 12.1. The van der Waals surface area contributed by atoms with E-state index in [0.717, 1.165) is 65.1 Å². The quantitative estimate of drug-likeness (QED) is 0.127. The minimum absolute atomic E-state index is 0.284. The molecule has 0 saturated carbocycles. The summed E-state index contributed by atoms with van der Waals surface area (Å²) in [6.45, 7) is 12.1. The standard InChI is InChI=1S/C28H30N2O3.Mo.HO3Si.2H2O.2O/c1-5-29(6-2)19-13-15-23-25(17-19)33-26-18-20(30(7-3)8-4)14-16-24(26)27(23)21-11-9-10-12-22(21)28(31)32;;1-4(2)3;;;;/h9-18H,5-8H2,1-4H3;;1H;2*1H2;;/q;+2;-1;;;;/p-1. The van der Waals surface area contributed by atoms with Crippen molar-refractivity contribution in [2.45, 2.75) is 27.7 Å². The third-order valence-corrected chi connectivity index (χ3v) is 6.37. The Labute approximate surface area is 248 Å². The Morgan fingerprint density at radius 3 is 2.05 bits per heavy atom. The van der Waals surface area contributed by atoms with Crippen LogP contribution in [0.4, 0.5) is 5.69 Å². The van der Waals surface area contributed by atoms with Crippen LogP contribution in [0.15, 0.2) is 65.1 Å². The van der Waals surface area contributed by atoms with Crippen LogP contribution in [0, 0.1) is 0 Å². The second-order valence-corrected chi connectivity index (χ2v) is 11.5. The van der Waals surface area contributed by atoms with Crippen molar-refractivity contribution < 1.29 is 59.4 Å². The van der Waals surface area contributed by atoms with Gasteiger partial charge in [0.25, 0.3) is 0 Å². The van der Waals surface area contributed by atoms with E-state index in [4.69, 9.17) is 32.8 Å². The number of hydrogen-bond donors (Lipinski definition) is 4. The number of benzene rings is 3. The number of hydrogen-bond acceptors (Lipinski definition) is 7. The van der Waals surface area contributed by atoms with Crippen molar-refractivity contribution in [3.05, 3.63) is 71.6 Å². The van der Waals surface area contributed by atoms with Gasteiger partial charge >= 0.3 is 46.2 Å². The van der Waals surface area contributed by atoms with Crippen LogP contribution < -0.4 is 19.6 Å². The van der Waals surface area contributed by atoms with Crippen LogP contribution >= 0.6 is 0 Å². The molecule has 2 aliphatic rings. The maximum absolute atomic E-state index is 12.1. The fourth-order valence-corrected chi connectivity index (χ4v) is 4.62. The molecule has 0 saturated heterocycles. The van der Waals surface area contributed by atoms with Crippen molar-refractivity contribution in [2.24, 2.45) is 0 Å². The van der Waals surface area contributed by atoms with Crippen LogP contribution in [0.25, 0.3) is 33.4 Å². The van der Waals surface area contributed by atoms with Crippen molar-refractivity contribution >= 4 is 31.8 Å². The number of carbonyl (C=O) groups is 1. The van der Waals surface area contributed by atoms with Gasteiger partial charge in [-0.15, -0.1) is 0 Å². The molecule has 1 aliphatic heterocycles. The number of fused-ring (bicyclic) bond motifs is 2. The Bertz CT molecular complexity index is 1680. The summed E-state index contributed by atoms with van der Waals surface area (Å²) >= 11 is -5.52. The topological polar surface area (TPSA) is 192 Å². The minimum atomic E-state index is -5.52. The summed E-state index contributed by atoms with van der Waals surface area (Å²) in [5.41, 5.74) is 4.62. The predicted octanol–water partition coefficient (Wildman–Crippen LogP) is 1.96. The van der Waals surface area contributed by atoms with Crippen LogP contribution in [-0.4, -0.2) is 58.7 Å². The molecule has 0 spiro atoms. The molecular formula is C28H34MoN2O10Si. The molecule has 1 aliphatic carbocycles. The Hall–Kier alpha value is -3.77. The van der Waals surface area contributed by atoms with E-state index in [0.29, 0.717) is 5.56 Å². The summed E-state index contributed by atoms with van der Waals surface area (Å²) in [7, 11) is -3.38. The van der Waals surface area contributed by atoms with Crippen molar-refractivity contribution in [2.75, 3.05) is 31.1 Å². The van der Waals surface area contributed by atoms with Gasteiger partial charge in [-0.05, 0) is 57.5 Å². The van der Waals surface area contributed by atoms with E-state index in [9.17, 15) is 9.90 Å². The van der Waals surface area contributed by atoms with E-state index in [1.807, 2.05) is 12.1 Å². The van der Waals surface area contributed by atoms with Gasteiger partial charge in [-0.3, -0.25) is 0 Å². The monoisotopic (exact) mass is 684 g/mol. The molecule has 0 atom stereocenters. The van der Waals surface area contributed by atoms with E-state index < -0.39 is 31.9 Å². The molecule has 0 amide bonds. The second kappa shape index (κ2) is 15.5. The van der Waals surface area contributed by atoms with Crippen LogP contribution in [0.5, 0.6) is 0 Å². The van der Waals surface area contributed by atoms with Gasteiger partial charge < -0.3 is 28.5 Å². The van der Waals surface area contributed by atoms with Gasteiger partial charge in [0.2, 0.25) is 5.36 Å². The molecule has 0 fully saturated rings. The second-order valence-electron chi connectivity index (χ2n) is 8.75. The molecule has 226 valence electrons. The van der Waals surface area contributed by atoms with Gasteiger partial charge in [0.15, 0.2) is 0 Å². The Balaban J connectivity index is 0.000000600. The van der Waals surface area contributed by atoms with E-state index in [2.05, 4.69) is 73.6 Å². The number of anilines is 1. The first-order valence-electron chi connectivity index (χ1n) is 13.0. The van der Waals surface area contributed by atoms with E-state index in [1.54, 1.807) is 12.1 Å². The first-order valence-corrected chi connectivity index (χ1v) is 17.7. The fraction of sp³-hybridized carbons (Fsp3) is 0.286. The number of nitrogens with zero attached hydrogens (tertiary/aromatic N) is 2. The van der Waals surface area contributed by atoms with E-state index in [1.165, 1.54) is 0 Å². The van der Waals surface area contributed by atoms with Crippen molar-refractivity contribution in [3.63, 3.8) is 0 Å². The first kappa shape index (κ1) is 34.4. The molecule has 0 bridgehead atoms. The summed E-state index contributed by atoms with van der Waals surface area (Å²) in [5.74, 6) is -0.189. The molecule has 4 rings (SSSR count). The molecule has 14 heteroatoms. The predicted molar refractivity (Wildman–Crippen MR) is 150 cm³/mol. The zero-order valence-corrected chi connectivity index (χ0v) is 26.6. The summed E-state index contributed by atoms with van der Waals surface area (Å²) < 4.78 is 49.4. The molecule has 12 nitrogen and oxygen atoms in total. The summed E-state index contributed by atoms with van der Waals surface area (Å²) in [6.07, 6.45) is 0. The van der Waals surface area contributed by atoms with E-state index in [-0.39, 0.29) is 5.56 Å². The zero-order valence-electron chi connectivity index (χ0n) is 23.6. The average Bonchev–Trinajstić information content (AvgIpc) is 2.91. The molecule has 0 radical (unpaired) electrons. The van der Waals surface area contributed by atoms with Gasteiger partial charge in [-0.25, -0.2) is 9.37 Å². The SMILES string of the molecule is CCN(CC)c1ccc2c(-c3ccccc3C(=O)O)c3ccc(=[N+](CC)CC)cc-3oc2c1.O=[Si]([O-])O.[O]=[Mo](=[O])([OH])[OH]. The van der Waals surface area contributed by atoms with Gasteiger partial charge in [0, 0.05) is 47.4 Å². The number of carboxylic acids is 1. The average molecular weight is 683 g/mol. The molecule has 2 aromatic carbocycles. The number of rotatable bonds is 7. The molecule has 2 aromatic rings. The molecule has 4 N–H and O–H groups in total. The van der Waals surface area contributed by atoms with Crippen molar-refractivity contribution in [3.8, 4) is 22.5 Å². The van der Waals surface area contributed by atoms with Crippen LogP contribution in [0.2, 0.25) is 0 Å². The van der Waals surface area contributed by atoms with E-state index >= 15 is 0 Å². The van der Waals surface area contributed by atoms with Gasteiger partial charge in [-0.1, -0.05) is 18.2 Å². The van der Waals surface area contributed by atoms with Gasteiger partial charge in [0.05, 0.1) is 11.6 Å². The van der Waals surface area contributed by atoms with Crippen molar-refractivity contribution in [1.29, 1.82) is 0 Å². The molecule has 0 unspecified atom stereocenters. The number of aromatic carboxylic acids is 1. The Kier molecular flexibility index (Phi) is 12.7. The normalized spacial score (nSPS) is 10.7. The van der Waals surface area contributed by atoms with Crippen LogP contribution in [0.3, 0.4) is 0 Å². The zero-order chi connectivity index (χ0) is 31.6. The van der Waals surface area contributed by atoms with Gasteiger partial charge in [0.1, 0.15) is 24.4 Å². The van der Waals surface area contributed by atoms with Crippen LogP contribution in [0.1, 0.15) is 38.1 Å². The fourth-order valence-electron chi connectivity index (χ4n) is 4.62. The first-order chi connectivity index (χ1) is 19.7. The third-order valence-electron chi connectivity index (χ3n) is 6.37. The van der Waals surface area contributed by atoms with Crippen LogP contribution in [-0.2, 0) is 28.0 Å². The molecular weight excluding hydrogens is 648 g/mol. The summed E-state index contributed by atoms with van der Waals surface area (Å²) in [4.78, 5) is 30.0. The van der Waals surface area contributed by atoms with Crippen molar-refractivity contribution in [1.82, 2.24) is 4.58 Å². The Morgan fingerprint density at radius 1 is 0.952 bits per heavy atom. The molecule has 42 heavy (non-hydrogen) atoms. The molecule has 0 aromatic heterocycles. The van der Waals surface area contributed by atoms with Gasteiger partial charge in [-0.2, -0.15) is 0 Å². The Morgan fingerprint density at radius 2 is 1.52 bits per heavy atom. The molecule has 1 heterocycles. The third kappa shape index (κ3) is 9.38. The summed E-state index contributed by atoms with van der Waals surface area (Å²) in [6, 6.07) is 19.6. The summed E-state index contributed by atoms with van der Waals surface area (Å²) in [5, 5.41) is 11.9. The number of carboxylic acid groups (broad SMARTS) is 1.